The molecule has 6 heteroatoms. The van der Waals surface area contributed by atoms with E-state index >= 15 is 0 Å². The number of rotatable bonds is 6. The Morgan fingerprint density at radius 1 is 1.11 bits per heavy atom. The summed E-state index contributed by atoms with van der Waals surface area (Å²) in [4.78, 5) is 24.7. The number of carbonyl (C=O) groups excluding carboxylic acids is 1. The van der Waals surface area contributed by atoms with Crippen molar-refractivity contribution in [2.45, 2.75) is 32.4 Å². The average molecular weight is 374 g/mol. The van der Waals surface area contributed by atoms with E-state index in [1.54, 1.807) is 6.20 Å². The van der Waals surface area contributed by atoms with E-state index in [2.05, 4.69) is 15.5 Å². The molecule has 2 aromatic heterocycles. The summed E-state index contributed by atoms with van der Waals surface area (Å²) in [6.45, 7) is 2.57. The number of nitrogens with one attached hydrogen (secondary N) is 2. The fourth-order valence-electron chi connectivity index (χ4n) is 3.68. The molecule has 0 unspecified atom stereocenters. The molecule has 28 heavy (non-hydrogen) atoms. The zero-order valence-electron chi connectivity index (χ0n) is 15.7. The minimum absolute atomic E-state index is 0.00713. The van der Waals surface area contributed by atoms with Crippen LogP contribution in [0.1, 0.15) is 31.4 Å². The lowest BCUT2D eigenvalue weighted by Gasteiger charge is -2.14. The molecule has 0 radical (unpaired) electrons. The van der Waals surface area contributed by atoms with Gasteiger partial charge in [-0.2, -0.15) is 5.10 Å². The van der Waals surface area contributed by atoms with Gasteiger partial charge in [-0.25, -0.2) is 5.10 Å². The Morgan fingerprint density at radius 3 is 2.68 bits per heavy atom. The van der Waals surface area contributed by atoms with Crippen LogP contribution in [0.4, 0.5) is 0 Å². The van der Waals surface area contributed by atoms with E-state index in [9.17, 15) is 9.59 Å². The first-order valence-corrected chi connectivity index (χ1v) is 9.44. The zero-order valence-corrected chi connectivity index (χ0v) is 15.7. The molecule has 142 valence electrons. The molecular formula is C22H22N4O2. The van der Waals surface area contributed by atoms with Crippen molar-refractivity contribution in [1.29, 1.82) is 0 Å². The van der Waals surface area contributed by atoms with Crippen LogP contribution in [-0.2, 0) is 11.3 Å². The molecule has 0 aliphatic rings. The number of fused-ring (bicyclic) bond motifs is 3. The van der Waals surface area contributed by atoms with E-state index in [-0.39, 0.29) is 17.5 Å². The maximum absolute atomic E-state index is 12.4. The maximum Gasteiger partial charge on any atom is 0.288 e. The third-order valence-electron chi connectivity index (χ3n) is 5.05. The van der Waals surface area contributed by atoms with Gasteiger partial charge in [0, 0.05) is 29.3 Å². The summed E-state index contributed by atoms with van der Waals surface area (Å²) in [5.74, 6) is 0.00713. The quantitative estimate of drug-likeness (QED) is 0.542. The highest BCUT2D eigenvalue weighted by Gasteiger charge is 2.14. The Morgan fingerprint density at radius 2 is 1.86 bits per heavy atom. The van der Waals surface area contributed by atoms with Crippen molar-refractivity contribution < 1.29 is 4.79 Å². The number of amides is 1. The van der Waals surface area contributed by atoms with Gasteiger partial charge in [0.15, 0.2) is 0 Å². The molecular weight excluding hydrogens is 352 g/mol. The summed E-state index contributed by atoms with van der Waals surface area (Å²) >= 11 is 0. The smallest absolute Gasteiger partial charge is 0.288 e. The summed E-state index contributed by atoms with van der Waals surface area (Å²) < 4.78 is 1.99. The third kappa shape index (κ3) is 3.41. The van der Waals surface area contributed by atoms with Crippen LogP contribution in [0.15, 0.2) is 65.6 Å². The van der Waals surface area contributed by atoms with Crippen molar-refractivity contribution >= 4 is 27.7 Å². The van der Waals surface area contributed by atoms with Crippen molar-refractivity contribution in [2.24, 2.45) is 0 Å². The molecule has 0 aliphatic carbocycles. The number of para-hydroxylation sites is 1. The van der Waals surface area contributed by atoms with Crippen molar-refractivity contribution in [3.63, 3.8) is 0 Å². The van der Waals surface area contributed by atoms with Crippen LogP contribution in [0.25, 0.3) is 21.8 Å². The molecule has 1 atom stereocenters. The number of hydrogen-bond donors (Lipinski definition) is 2. The number of aromatic amines is 1. The highest BCUT2D eigenvalue weighted by molar-refractivity contribution is 6.07. The summed E-state index contributed by atoms with van der Waals surface area (Å²) in [6, 6.07) is 17.7. The molecule has 2 aromatic carbocycles. The van der Waals surface area contributed by atoms with E-state index in [0.29, 0.717) is 24.9 Å². The van der Waals surface area contributed by atoms with Crippen molar-refractivity contribution in [1.82, 2.24) is 20.1 Å². The number of benzene rings is 2. The van der Waals surface area contributed by atoms with Crippen molar-refractivity contribution in [3.8, 4) is 0 Å². The second kappa shape index (κ2) is 7.68. The van der Waals surface area contributed by atoms with Crippen LogP contribution in [-0.4, -0.2) is 20.7 Å². The molecule has 4 aromatic rings. The largest absolute Gasteiger partial charge is 0.350 e. The zero-order chi connectivity index (χ0) is 19.5. The number of hydrogen-bond acceptors (Lipinski definition) is 3. The summed E-state index contributed by atoms with van der Waals surface area (Å²) in [5.41, 5.74) is 2.46. The van der Waals surface area contributed by atoms with Crippen LogP contribution in [0.5, 0.6) is 0 Å². The third-order valence-corrected chi connectivity index (χ3v) is 5.05. The van der Waals surface area contributed by atoms with Gasteiger partial charge in [0.1, 0.15) is 5.52 Å². The van der Waals surface area contributed by atoms with Crippen LogP contribution in [0.3, 0.4) is 0 Å². The molecule has 0 aliphatic heterocycles. The molecule has 0 fully saturated rings. The van der Waals surface area contributed by atoms with E-state index < -0.39 is 0 Å². The predicted molar refractivity (Wildman–Crippen MR) is 110 cm³/mol. The molecule has 1 amide bonds. The molecule has 0 spiro atoms. The highest BCUT2D eigenvalue weighted by atomic mass is 16.1. The monoisotopic (exact) mass is 374 g/mol. The van der Waals surface area contributed by atoms with Gasteiger partial charge in [-0.05, 0) is 25.0 Å². The SMILES string of the molecule is C[C@H](NC(=O)CCCn1c2ccccc2c2cn[nH]c(=O)c21)c1ccccc1. The fraction of sp³-hybridized carbons (Fsp3) is 0.227. The molecule has 2 heterocycles. The van der Waals surface area contributed by atoms with Crippen LogP contribution < -0.4 is 10.9 Å². The standard InChI is InChI=1S/C22H22N4O2/c1-15(16-8-3-2-4-9-16)24-20(27)12-7-13-26-19-11-6-5-10-17(19)18-14-23-25-22(28)21(18)26/h2-6,8-11,14-15H,7,12-13H2,1H3,(H,24,27)(H,25,28)/t15-/m0/s1. The van der Waals surface area contributed by atoms with Crippen LogP contribution >= 0.6 is 0 Å². The number of aryl methyl sites for hydroxylation is 1. The molecule has 0 saturated heterocycles. The van der Waals surface area contributed by atoms with Gasteiger partial charge in [0.05, 0.1) is 12.2 Å². The Hall–Kier alpha value is -3.41. The Bertz CT molecular complexity index is 1180. The maximum atomic E-state index is 12.4. The van der Waals surface area contributed by atoms with E-state index in [4.69, 9.17) is 0 Å². The van der Waals surface area contributed by atoms with Gasteiger partial charge in [-0.15, -0.1) is 0 Å². The fourth-order valence-corrected chi connectivity index (χ4v) is 3.68. The Kier molecular flexibility index (Phi) is 4.93. The minimum Gasteiger partial charge on any atom is -0.350 e. The predicted octanol–water partition coefficient (Wildman–Crippen LogP) is 3.54. The van der Waals surface area contributed by atoms with E-state index in [1.807, 2.05) is 66.1 Å². The van der Waals surface area contributed by atoms with Crippen LogP contribution in [0, 0.1) is 0 Å². The van der Waals surface area contributed by atoms with Gasteiger partial charge in [-0.3, -0.25) is 9.59 Å². The molecule has 0 saturated carbocycles. The normalized spacial score (nSPS) is 12.3. The van der Waals surface area contributed by atoms with Gasteiger partial charge < -0.3 is 9.88 Å². The lowest BCUT2D eigenvalue weighted by Crippen LogP contribution is -2.26. The lowest BCUT2D eigenvalue weighted by molar-refractivity contribution is -0.121. The van der Waals surface area contributed by atoms with Crippen molar-refractivity contribution in [2.75, 3.05) is 0 Å². The van der Waals surface area contributed by atoms with Crippen molar-refractivity contribution in [3.05, 3.63) is 76.7 Å². The highest BCUT2D eigenvalue weighted by Crippen LogP contribution is 2.26. The van der Waals surface area contributed by atoms with Gasteiger partial charge in [-0.1, -0.05) is 48.5 Å². The van der Waals surface area contributed by atoms with Gasteiger partial charge in [0.25, 0.3) is 5.56 Å². The topological polar surface area (TPSA) is 79.8 Å². The second-order valence-corrected chi connectivity index (χ2v) is 6.93. The number of aromatic nitrogens is 3. The minimum atomic E-state index is -0.212. The molecule has 4 rings (SSSR count). The summed E-state index contributed by atoms with van der Waals surface area (Å²) in [5, 5.41) is 11.3. The molecule has 2 N–H and O–H groups in total. The first-order valence-electron chi connectivity index (χ1n) is 9.44. The van der Waals surface area contributed by atoms with E-state index in [0.717, 1.165) is 21.9 Å². The second-order valence-electron chi connectivity index (χ2n) is 6.93. The lowest BCUT2D eigenvalue weighted by atomic mass is 10.1. The number of nitrogens with zero attached hydrogens (tertiary/aromatic N) is 2. The van der Waals surface area contributed by atoms with Crippen LogP contribution in [0.2, 0.25) is 0 Å². The first kappa shape index (κ1) is 18.0. The summed E-state index contributed by atoms with van der Waals surface area (Å²) in [7, 11) is 0. The number of H-pyrrole nitrogens is 1. The average Bonchev–Trinajstić information content (AvgIpc) is 3.04. The Balaban J connectivity index is 1.48. The molecule has 6 nitrogen and oxygen atoms in total. The number of carbonyl (C=O) groups is 1. The van der Waals surface area contributed by atoms with Gasteiger partial charge in [0.2, 0.25) is 5.91 Å². The van der Waals surface area contributed by atoms with Gasteiger partial charge >= 0.3 is 0 Å². The molecule has 0 bridgehead atoms. The summed E-state index contributed by atoms with van der Waals surface area (Å²) in [6.07, 6.45) is 2.72. The first-order chi connectivity index (χ1) is 13.6. The van der Waals surface area contributed by atoms with E-state index in [1.165, 1.54) is 0 Å². The Labute approximate surface area is 162 Å².